The number of aromatic nitrogens is 4. The lowest BCUT2D eigenvalue weighted by Gasteiger charge is -2.09. The second kappa shape index (κ2) is 8.35. The van der Waals surface area contributed by atoms with Crippen LogP contribution in [0.2, 0.25) is 0 Å². The first-order valence-corrected chi connectivity index (χ1v) is 10.3. The number of carbonyl (C=O) groups excluding carboxylic acids is 1. The molecule has 0 saturated heterocycles. The summed E-state index contributed by atoms with van der Waals surface area (Å²) < 4.78 is 1.72. The number of rotatable bonds is 5. The van der Waals surface area contributed by atoms with Crippen LogP contribution in [-0.4, -0.2) is 25.5 Å². The molecule has 4 aromatic rings. The maximum absolute atomic E-state index is 12.8. The fourth-order valence-electron chi connectivity index (χ4n) is 3.05. The van der Waals surface area contributed by atoms with Crippen molar-refractivity contribution in [1.29, 1.82) is 5.26 Å². The number of hydrogen-bond acceptors (Lipinski definition) is 6. The fraction of sp³-hybridized carbons (Fsp3) is 0.136. The number of amides is 1. The van der Waals surface area contributed by atoms with Crippen LogP contribution < -0.4 is 5.32 Å². The Morgan fingerprint density at radius 3 is 2.67 bits per heavy atom. The lowest BCUT2D eigenvalue weighted by atomic mass is 10.1. The SMILES string of the molecule is Cc1cc(C)n2nc(SCc3ccccc3C(=O)Nc3ccc(C#N)cc3)nc2n1. The normalized spacial score (nSPS) is 10.7. The summed E-state index contributed by atoms with van der Waals surface area (Å²) in [5, 5.41) is 16.9. The fourth-order valence-corrected chi connectivity index (χ4v) is 3.87. The lowest BCUT2D eigenvalue weighted by Crippen LogP contribution is -2.14. The van der Waals surface area contributed by atoms with Crippen molar-refractivity contribution in [3.63, 3.8) is 0 Å². The Balaban J connectivity index is 1.51. The van der Waals surface area contributed by atoms with Crippen LogP contribution in [0.1, 0.15) is 32.9 Å². The van der Waals surface area contributed by atoms with Crippen LogP contribution in [0.5, 0.6) is 0 Å². The van der Waals surface area contributed by atoms with E-state index in [1.807, 2.05) is 38.1 Å². The second-order valence-corrected chi connectivity index (χ2v) is 7.68. The number of nitriles is 1. The minimum Gasteiger partial charge on any atom is -0.322 e. The first-order valence-electron chi connectivity index (χ1n) is 9.27. The predicted octanol–water partition coefficient (Wildman–Crippen LogP) is 4.16. The number of nitrogens with zero attached hydrogens (tertiary/aromatic N) is 5. The molecule has 0 unspecified atom stereocenters. The van der Waals surface area contributed by atoms with E-state index in [2.05, 4.69) is 26.5 Å². The van der Waals surface area contributed by atoms with Crippen LogP contribution in [0.4, 0.5) is 5.69 Å². The molecule has 0 fully saturated rings. The average Bonchev–Trinajstić information content (AvgIpc) is 3.16. The van der Waals surface area contributed by atoms with Gasteiger partial charge in [0.25, 0.3) is 11.7 Å². The molecule has 0 aliphatic heterocycles. The van der Waals surface area contributed by atoms with Gasteiger partial charge in [0.15, 0.2) is 0 Å². The Bertz CT molecular complexity index is 1270. The summed E-state index contributed by atoms with van der Waals surface area (Å²) in [6.07, 6.45) is 0. The van der Waals surface area contributed by atoms with E-state index < -0.39 is 0 Å². The molecule has 0 spiro atoms. The molecule has 2 aromatic carbocycles. The van der Waals surface area contributed by atoms with Crippen molar-refractivity contribution in [3.05, 3.63) is 82.7 Å². The maximum Gasteiger partial charge on any atom is 0.255 e. The Labute approximate surface area is 177 Å². The minimum atomic E-state index is -0.202. The zero-order valence-electron chi connectivity index (χ0n) is 16.5. The molecule has 0 saturated carbocycles. The zero-order valence-corrected chi connectivity index (χ0v) is 17.3. The van der Waals surface area contributed by atoms with Crippen LogP contribution in [0.15, 0.2) is 59.8 Å². The van der Waals surface area contributed by atoms with Gasteiger partial charge in [-0.1, -0.05) is 30.0 Å². The molecule has 148 valence electrons. The molecule has 1 N–H and O–H groups in total. The summed E-state index contributed by atoms with van der Waals surface area (Å²) >= 11 is 1.46. The summed E-state index contributed by atoms with van der Waals surface area (Å²) in [5.74, 6) is 0.917. The highest BCUT2D eigenvalue weighted by Crippen LogP contribution is 2.23. The van der Waals surface area contributed by atoms with Crippen LogP contribution in [0.3, 0.4) is 0 Å². The van der Waals surface area contributed by atoms with Gasteiger partial charge in [0.05, 0.1) is 11.6 Å². The third-order valence-corrected chi connectivity index (χ3v) is 5.38. The Morgan fingerprint density at radius 2 is 1.90 bits per heavy atom. The molecule has 0 aliphatic carbocycles. The predicted molar refractivity (Wildman–Crippen MR) is 115 cm³/mol. The van der Waals surface area contributed by atoms with Crippen molar-refractivity contribution in [2.75, 3.05) is 5.32 Å². The van der Waals surface area contributed by atoms with E-state index in [4.69, 9.17) is 5.26 Å². The van der Waals surface area contributed by atoms with Crippen molar-refractivity contribution in [1.82, 2.24) is 19.6 Å². The van der Waals surface area contributed by atoms with Crippen molar-refractivity contribution in [3.8, 4) is 6.07 Å². The molecule has 0 bridgehead atoms. The molecule has 1 amide bonds. The Morgan fingerprint density at radius 1 is 1.13 bits per heavy atom. The highest BCUT2D eigenvalue weighted by Gasteiger charge is 2.14. The van der Waals surface area contributed by atoms with Gasteiger partial charge in [-0.3, -0.25) is 4.79 Å². The van der Waals surface area contributed by atoms with Gasteiger partial charge in [0, 0.05) is 28.4 Å². The smallest absolute Gasteiger partial charge is 0.255 e. The molecule has 0 radical (unpaired) electrons. The topological polar surface area (TPSA) is 96.0 Å². The quantitative estimate of drug-likeness (QED) is 0.493. The van der Waals surface area contributed by atoms with Gasteiger partial charge in [0.1, 0.15) is 0 Å². The number of hydrogen-bond donors (Lipinski definition) is 1. The summed E-state index contributed by atoms with van der Waals surface area (Å²) in [7, 11) is 0. The number of anilines is 1. The summed E-state index contributed by atoms with van der Waals surface area (Å²) in [5.41, 5.74) is 4.52. The molecular formula is C22H18N6OS. The van der Waals surface area contributed by atoms with E-state index in [-0.39, 0.29) is 5.91 Å². The maximum atomic E-state index is 12.8. The van der Waals surface area contributed by atoms with Gasteiger partial charge < -0.3 is 5.32 Å². The monoisotopic (exact) mass is 414 g/mol. The van der Waals surface area contributed by atoms with Crippen molar-refractivity contribution >= 4 is 29.1 Å². The molecule has 2 heterocycles. The van der Waals surface area contributed by atoms with Crippen LogP contribution in [-0.2, 0) is 5.75 Å². The Kier molecular flexibility index (Phi) is 5.46. The third kappa shape index (κ3) is 4.16. The molecule has 30 heavy (non-hydrogen) atoms. The number of fused-ring (bicyclic) bond motifs is 1. The van der Waals surface area contributed by atoms with Gasteiger partial charge in [-0.25, -0.2) is 9.50 Å². The van der Waals surface area contributed by atoms with E-state index >= 15 is 0 Å². The zero-order chi connectivity index (χ0) is 21.1. The van der Waals surface area contributed by atoms with Gasteiger partial charge in [-0.15, -0.1) is 5.10 Å². The number of thioether (sulfide) groups is 1. The van der Waals surface area contributed by atoms with Crippen molar-refractivity contribution in [2.24, 2.45) is 0 Å². The number of nitrogens with one attached hydrogen (secondary N) is 1. The first kappa shape index (κ1) is 19.6. The van der Waals surface area contributed by atoms with E-state index in [1.165, 1.54) is 11.8 Å². The molecule has 8 heteroatoms. The largest absolute Gasteiger partial charge is 0.322 e. The number of benzene rings is 2. The van der Waals surface area contributed by atoms with Gasteiger partial charge in [0.2, 0.25) is 5.16 Å². The molecule has 7 nitrogen and oxygen atoms in total. The average molecular weight is 414 g/mol. The van der Waals surface area contributed by atoms with Gasteiger partial charge in [-0.2, -0.15) is 10.2 Å². The highest BCUT2D eigenvalue weighted by atomic mass is 32.2. The van der Waals surface area contributed by atoms with Gasteiger partial charge >= 0.3 is 0 Å². The van der Waals surface area contributed by atoms with Crippen molar-refractivity contribution in [2.45, 2.75) is 24.8 Å². The van der Waals surface area contributed by atoms with Crippen molar-refractivity contribution < 1.29 is 4.79 Å². The summed E-state index contributed by atoms with van der Waals surface area (Å²) in [6, 6.07) is 18.2. The highest BCUT2D eigenvalue weighted by molar-refractivity contribution is 7.98. The molecular weight excluding hydrogens is 396 g/mol. The molecule has 0 atom stereocenters. The van der Waals surface area contributed by atoms with E-state index in [1.54, 1.807) is 34.8 Å². The Hall–Kier alpha value is -3.70. The van der Waals surface area contributed by atoms with E-state index in [0.717, 1.165) is 17.0 Å². The number of aryl methyl sites for hydroxylation is 2. The number of carbonyl (C=O) groups is 1. The summed E-state index contributed by atoms with van der Waals surface area (Å²) in [6.45, 7) is 3.89. The first-order chi connectivity index (χ1) is 14.5. The standard InChI is InChI=1S/C22H18N6OS/c1-14-11-15(2)28-21(24-14)26-22(27-28)30-13-17-5-3-4-6-19(17)20(29)25-18-9-7-16(12-23)8-10-18/h3-11H,13H2,1-2H3,(H,25,29). The van der Waals surface area contributed by atoms with Gasteiger partial charge in [-0.05, 0) is 55.8 Å². The van der Waals surface area contributed by atoms with Crippen LogP contribution in [0.25, 0.3) is 5.78 Å². The lowest BCUT2D eigenvalue weighted by molar-refractivity contribution is 0.102. The van der Waals surface area contributed by atoms with E-state index in [0.29, 0.717) is 33.5 Å². The molecule has 2 aromatic heterocycles. The second-order valence-electron chi connectivity index (χ2n) is 6.73. The van der Waals surface area contributed by atoms with Crippen LogP contribution >= 0.6 is 11.8 Å². The third-order valence-electron chi connectivity index (χ3n) is 4.49. The minimum absolute atomic E-state index is 0.202. The van der Waals surface area contributed by atoms with E-state index in [9.17, 15) is 4.79 Å². The molecule has 0 aliphatic rings. The van der Waals surface area contributed by atoms with Crippen LogP contribution in [0, 0.1) is 25.2 Å². The summed E-state index contributed by atoms with van der Waals surface area (Å²) in [4.78, 5) is 21.7. The molecule has 4 rings (SSSR count).